The van der Waals surface area contributed by atoms with Crippen LogP contribution in [0.5, 0.6) is 0 Å². The van der Waals surface area contributed by atoms with E-state index in [4.69, 9.17) is 4.74 Å². The summed E-state index contributed by atoms with van der Waals surface area (Å²) < 4.78 is 7.44. The van der Waals surface area contributed by atoms with Crippen molar-refractivity contribution in [2.75, 3.05) is 26.2 Å². The lowest BCUT2D eigenvalue weighted by Gasteiger charge is -2.22. The quantitative estimate of drug-likeness (QED) is 0.690. The van der Waals surface area contributed by atoms with E-state index in [0.717, 1.165) is 38.9 Å². The van der Waals surface area contributed by atoms with E-state index in [-0.39, 0.29) is 18.6 Å². The van der Waals surface area contributed by atoms with E-state index in [1.54, 1.807) is 6.20 Å². The molecule has 0 aromatic carbocycles. The smallest absolute Gasteiger partial charge is 0.246 e. The molecule has 1 fully saturated rings. The predicted molar refractivity (Wildman–Crippen MR) is 71.7 cm³/mol. The highest BCUT2D eigenvalue weighted by atomic mass is 16.5. The van der Waals surface area contributed by atoms with Crippen molar-refractivity contribution in [2.45, 2.75) is 31.9 Å². The van der Waals surface area contributed by atoms with Crippen LogP contribution in [0, 0.1) is 0 Å². The second-order valence-corrected chi connectivity index (χ2v) is 4.73. The van der Waals surface area contributed by atoms with Crippen LogP contribution in [-0.2, 0) is 16.1 Å². The molecule has 6 nitrogen and oxygen atoms in total. The summed E-state index contributed by atoms with van der Waals surface area (Å²) in [7, 11) is 0. The third-order valence-corrected chi connectivity index (χ3v) is 3.18. The van der Waals surface area contributed by atoms with Gasteiger partial charge in [0.05, 0.1) is 6.10 Å². The van der Waals surface area contributed by atoms with Gasteiger partial charge in [-0.3, -0.25) is 9.48 Å². The second-order valence-electron chi connectivity index (χ2n) is 4.73. The maximum atomic E-state index is 11.6. The number of carbonyl (C=O) groups is 1. The van der Waals surface area contributed by atoms with Gasteiger partial charge in [0.15, 0.2) is 0 Å². The summed E-state index contributed by atoms with van der Waals surface area (Å²) in [6.45, 7) is 3.62. The Labute approximate surface area is 113 Å². The van der Waals surface area contributed by atoms with Gasteiger partial charge in [0.2, 0.25) is 5.91 Å². The van der Waals surface area contributed by atoms with Crippen LogP contribution < -0.4 is 10.6 Å². The van der Waals surface area contributed by atoms with Crippen LogP contribution in [0.4, 0.5) is 0 Å². The summed E-state index contributed by atoms with van der Waals surface area (Å²) in [5.74, 6) is -0.0287. The van der Waals surface area contributed by atoms with Crippen molar-refractivity contribution < 1.29 is 9.53 Å². The fraction of sp³-hybridized carbons (Fsp3) is 0.692. The molecule has 6 heteroatoms. The Hall–Kier alpha value is -1.40. The second kappa shape index (κ2) is 7.91. The van der Waals surface area contributed by atoms with Crippen LogP contribution in [0.25, 0.3) is 0 Å². The molecule has 2 rings (SSSR count). The molecule has 1 aliphatic rings. The molecule has 1 aliphatic heterocycles. The molecule has 106 valence electrons. The minimum absolute atomic E-state index is 0.0287. The van der Waals surface area contributed by atoms with Crippen molar-refractivity contribution in [3.05, 3.63) is 18.5 Å². The summed E-state index contributed by atoms with van der Waals surface area (Å²) in [6, 6.07) is 1.89. The Balaban J connectivity index is 1.49. The van der Waals surface area contributed by atoms with Crippen molar-refractivity contribution in [3.63, 3.8) is 0 Å². The number of aromatic nitrogens is 2. The van der Waals surface area contributed by atoms with E-state index in [1.807, 2.05) is 16.9 Å². The van der Waals surface area contributed by atoms with Crippen LogP contribution in [0.2, 0.25) is 0 Å². The third-order valence-electron chi connectivity index (χ3n) is 3.18. The van der Waals surface area contributed by atoms with Gasteiger partial charge >= 0.3 is 0 Å². The molecule has 0 saturated carbocycles. The lowest BCUT2D eigenvalue weighted by molar-refractivity contribution is -0.128. The maximum Gasteiger partial charge on any atom is 0.246 e. The van der Waals surface area contributed by atoms with Crippen molar-refractivity contribution in [3.8, 4) is 0 Å². The summed E-state index contributed by atoms with van der Waals surface area (Å²) in [5.41, 5.74) is 0. The van der Waals surface area contributed by atoms with E-state index in [9.17, 15) is 4.79 Å². The third kappa shape index (κ3) is 5.40. The molecule has 2 heterocycles. The number of ether oxygens (including phenoxy) is 1. The Morgan fingerprint density at radius 2 is 2.32 bits per heavy atom. The first kappa shape index (κ1) is 14.0. The molecule has 0 aliphatic carbocycles. The fourth-order valence-electron chi connectivity index (χ4n) is 2.11. The van der Waals surface area contributed by atoms with Crippen molar-refractivity contribution in [2.24, 2.45) is 0 Å². The van der Waals surface area contributed by atoms with Gasteiger partial charge in [-0.25, -0.2) is 0 Å². The standard InChI is InChI=1S/C13H22N4O2/c18-13(11-19-12-3-7-14-8-4-12)15-5-1-9-17-10-2-6-16-17/h2,6,10,12,14H,1,3-5,7-9,11H2,(H,15,18). The first-order chi connectivity index (χ1) is 9.34. The lowest BCUT2D eigenvalue weighted by Crippen LogP contribution is -2.36. The van der Waals surface area contributed by atoms with E-state index in [2.05, 4.69) is 15.7 Å². The minimum atomic E-state index is -0.0287. The Bertz CT molecular complexity index is 361. The lowest BCUT2D eigenvalue weighted by atomic mass is 10.1. The van der Waals surface area contributed by atoms with Crippen molar-refractivity contribution in [1.29, 1.82) is 0 Å². The zero-order valence-corrected chi connectivity index (χ0v) is 11.2. The van der Waals surface area contributed by atoms with E-state index < -0.39 is 0 Å². The molecule has 1 saturated heterocycles. The highest BCUT2D eigenvalue weighted by molar-refractivity contribution is 5.77. The molecule has 0 radical (unpaired) electrons. The molecule has 1 aromatic heterocycles. The molecule has 2 N–H and O–H groups in total. The van der Waals surface area contributed by atoms with Crippen LogP contribution in [0.15, 0.2) is 18.5 Å². The first-order valence-electron chi connectivity index (χ1n) is 6.91. The fourth-order valence-corrected chi connectivity index (χ4v) is 2.11. The van der Waals surface area contributed by atoms with E-state index in [0.29, 0.717) is 6.54 Å². The summed E-state index contributed by atoms with van der Waals surface area (Å²) >= 11 is 0. The van der Waals surface area contributed by atoms with E-state index in [1.165, 1.54) is 0 Å². The average molecular weight is 266 g/mol. The van der Waals surface area contributed by atoms with Crippen LogP contribution in [-0.4, -0.2) is 48.0 Å². The molecule has 0 atom stereocenters. The van der Waals surface area contributed by atoms with Gasteiger partial charge in [-0.2, -0.15) is 5.10 Å². The topological polar surface area (TPSA) is 68.2 Å². The zero-order valence-electron chi connectivity index (χ0n) is 11.2. The highest BCUT2D eigenvalue weighted by Crippen LogP contribution is 2.06. The SMILES string of the molecule is O=C(COC1CCNCC1)NCCCn1cccn1. The summed E-state index contributed by atoms with van der Waals surface area (Å²) in [6.07, 6.45) is 6.77. The van der Waals surface area contributed by atoms with Crippen LogP contribution >= 0.6 is 0 Å². The van der Waals surface area contributed by atoms with Gasteiger partial charge in [0, 0.05) is 25.5 Å². The van der Waals surface area contributed by atoms with Gasteiger partial charge in [-0.1, -0.05) is 0 Å². The Morgan fingerprint density at radius 3 is 3.05 bits per heavy atom. The number of rotatable bonds is 7. The monoisotopic (exact) mass is 266 g/mol. The Kier molecular flexibility index (Phi) is 5.84. The Morgan fingerprint density at radius 1 is 1.47 bits per heavy atom. The maximum absolute atomic E-state index is 11.6. The normalized spacial score (nSPS) is 16.4. The average Bonchev–Trinajstić information content (AvgIpc) is 2.96. The van der Waals surface area contributed by atoms with Crippen LogP contribution in [0.3, 0.4) is 0 Å². The minimum Gasteiger partial charge on any atom is -0.368 e. The highest BCUT2D eigenvalue weighted by Gasteiger charge is 2.14. The van der Waals surface area contributed by atoms with E-state index >= 15 is 0 Å². The zero-order chi connectivity index (χ0) is 13.3. The van der Waals surface area contributed by atoms with Gasteiger partial charge in [-0.05, 0) is 38.4 Å². The molecular weight excluding hydrogens is 244 g/mol. The number of piperidine rings is 1. The van der Waals surface area contributed by atoms with Gasteiger partial charge in [0.1, 0.15) is 6.61 Å². The molecule has 1 amide bonds. The largest absolute Gasteiger partial charge is 0.368 e. The number of aryl methyl sites for hydroxylation is 1. The van der Waals surface area contributed by atoms with Crippen LogP contribution in [0.1, 0.15) is 19.3 Å². The number of amides is 1. The van der Waals surface area contributed by atoms with Gasteiger partial charge in [-0.15, -0.1) is 0 Å². The van der Waals surface area contributed by atoms with Crippen molar-refractivity contribution >= 4 is 5.91 Å². The molecular formula is C13H22N4O2. The number of hydrogen-bond acceptors (Lipinski definition) is 4. The molecule has 19 heavy (non-hydrogen) atoms. The van der Waals surface area contributed by atoms with Gasteiger partial charge < -0.3 is 15.4 Å². The molecule has 0 spiro atoms. The predicted octanol–water partition coefficient (Wildman–Crippen LogP) is 0.158. The number of nitrogens with zero attached hydrogens (tertiary/aromatic N) is 2. The van der Waals surface area contributed by atoms with Crippen molar-refractivity contribution in [1.82, 2.24) is 20.4 Å². The number of nitrogens with one attached hydrogen (secondary N) is 2. The molecule has 1 aromatic rings. The number of hydrogen-bond donors (Lipinski definition) is 2. The molecule has 0 unspecified atom stereocenters. The van der Waals surface area contributed by atoms with Gasteiger partial charge in [0.25, 0.3) is 0 Å². The first-order valence-corrected chi connectivity index (χ1v) is 6.91. The summed E-state index contributed by atoms with van der Waals surface area (Å²) in [4.78, 5) is 11.6. The summed E-state index contributed by atoms with van der Waals surface area (Å²) in [5, 5.41) is 10.2. The number of carbonyl (C=O) groups excluding carboxylic acids is 1. The molecule has 0 bridgehead atoms.